The number of methoxy groups -OCH3 is 1. The summed E-state index contributed by atoms with van der Waals surface area (Å²) in [4.78, 5) is 26.4. The molecule has 26 heavy (non-hydrogen) atoms. The van der Waals surface area contributed by atoms with Gasteiger partial charge in [-0.25, -0.2) is 8.78 Å². The number of carbonyl (C=O) groups is 2. The number of piperidine rings is 1. The van der Waals surface area contributed by atoms with Crippen molar-refractivity contribution in [1.29, 1.82) is 0 Å². The predicted octanol–water partition coefficient (Wildman–Crippen LogP) is 3.71. The summed E-state index contributed by atoms with van der Waals surface area (Å²) in [5, 5.41) is 0. The summed E-state index contributed by atoms with van der Waals surface area (Å²) in [6.07, 6.45) is 0.930. The van der Waals surface area contributed by atoms with Crippen LogP contribution in [0.1, 0.15) is 33.6 Å². The fourth-order valence-electron chi connectivity index (χ4n) is 3.20. The number of amides is 1. The van der Waals surface area contributed by atoms with Crippen LogP contribution in [0.2, 0.25) is 0 Å². The monoisotopic (exact) mass is 359 g/mol. The van der Waals surface area contributed by atoms with Crippen molar-refractivity contribution >= 4 is 11.7 Å². The van der Waals surface area contributed by atoms with Gasteiger partial charge >= 0.3 is 0 Å². The Hall–Kier alpha value is -2.76. The number of ketones is 1. The summed E-state index contributed by atoms with van der Waals surface area (Å²) in [5.74, 6) is -1.93. The van der Waals surface area contributed by atoms with Gasteiger partial charge < -0.3 is 9.64 Å². The number of nitrogens with zero attached hydrogens (tertiary/aromatic N) is 1. The molecular formula is C20H19F2NO3. The molecule has 0 unspecified atom stereocenters. The summed E-state index contributed by atoms with van der Waals surface area (Å²) in [5.41, 5.74) is 0.0585. The van der Waals surface area contributed by atoms with E-state index in [2.05, 4.69) is 0 Å². The third kappa shape index (κ3) is 3.59. The summed E-state index contributed by atoms with van der Waals surface area (Å²) in [6.45, 7) is 0.582. The lowest BCUT2D eigenvalue weighted by Gasteiger charge is -2.31. The molecule has 1 saturated heterocycles. The van der Waals surface area contributed by atoms with Crippen LogP contribution in [0, 0.1) is 17.6 Å². The van der Waals surface area contributed by atoms with Gasteiger partial charge in [-0.05, 0) is 49.2 Å². The highest BCUT2D eigenvalue weighted by Gasteiger charge is 2.30. The number of ether oxygens (including phenoxy) is 1. The van der Waals surface area contributed by atoms with Crippen molar-refractivity contribution in [2.24, 2.45) is 5.92 Å². The smallest absolute Gasteiger partial charge is 0.259 e. The zero-order chi connectivity index (χ0) is 18.7. The van der Waals surface area contributed by atoms with Gasteiger partial charge in [0, 0.05) is 24.6 Å². The maximum atomic E-state index is 13.8. The number of rotatable bonds is 4. The number of halogens is 2. The van der Waals surface area contributed by atoms with Crippen LogP contribution < -0.4 is 4.74 Å². The zero-order valence-electron chi connectivity index (χ0n) is 14.4. The molecule has 1 fully saturated rings. The maximum absolute atomic E-state index is 13.8. The predicted molar refractivity (Wildman–Crippen MR) is 92.3 cm³/mol. The zero-order valence-corrected chi connectivity index (χ0v) is 14.4. The largest absolute Gasteiger partial charge is 0.497 e. The Morgan fingerprint density at radius 3 is 2.12 bits per heavy atom. The molecule has 0 saturated carbocycles. The van der Waals surface area contributed by atoms with Crippen molar-refractivity contribution in [3.05, 3.63) is 65.2 Å². The Bertz CT molecular complexity index is 792. The SMILES string of the molecule is COc1ccc(C(=O)C2CCN(C(=O)c3c(F)cccc3F)CC2)cc1. The molecule has 1 amide bonds. The Kier molecular flexibility index (Phi) is 5.30. The van der Waals surface area contributed by atoms with Crippen molar-refractivity contribution < 1.29 is 23.1 Å². The molecule has 6 heteroatoms. The maximum Gasteiger partial charge on any atom is 0.259 e. The molecule has 2 aromatic carbocycles. The second kappa shape index (κ2) is 7.64. The minimum atomic E-state index is -0.869. The van der Waals surface area contributed by atoms with Crippen LogP contribution in [0.5, 0.6) is 5.75 Å². The van der Waals surface area contributed by atoms with Gasteiger partial charge in [-0.2, -0.15) is 0 Å². The first kappa shape index (κ1) is 18.0. The van der Waals surface area contributed by atoms with E-state index in [1.807, 2.05) is 0 Å². The van der Waals surface area contributed by atoms with E-state index in [0.29, 0.717) is 37.2 Å². The van der Waals surface area contributed by atoms with E-state index in [9.17, 15) is 18.4 Å². The van der Waals surface area contributed by atoms with E-state index in [1.54, 1.807) is 31.4 Å². The van der Waals surface area contributed by atoms with Crippen LogP contribution in [0.25, 0.3) is 0 Å². The second-order valence-electron chi connectivity index (χ2n) is 6.26. The molecule has 0 atom stereocenters. The van der Waals surface area contributed by atoms with Crippen LogP contribution >= 0.6 is 0 Å². The van der Waals surface area contributed by atoms with E-state index in [4.69, 9.17) is 4.74 Å². The van der Waals surface area contributed by atoms with Gasteiger partial charge in [-0.15, -0.1) is 0 Å². The number of likely N-dealkylation sites (tertiary alicyclic amines) is 1. The summed E-state index contributed by atoms with van der Waals surface area (Å²) in [7, 11) is 1.56. The molecule has 4 nitrogen and oxygen atoms in total. The summed E-state index contributed by atoms with van der Waals surface area (Å²) < 4.78 is 32.7. The van der Waals surface area contributed by atoms with Gasteiger partial charge in [0.2, 0.25) is 0 Å². The molecule has 0 bridgehead atoms. The molecule has 1 aliphatic rings. The summed E-state index contributed by atoms with van der Waals surface area (Å²) >= 11 is 0. The van der Waals surface area contributed by atoms with Crippen molar-refractivity contribution in [3.63, 3.8) is 0 Å². The van der Waals surface area contributed by atoms with Gasteiger partial charge in [0.25, 0.3) is 5.91 Å². The number of hydrogen-bond acceptors (Lipinski definition) is 3. The quantitative estimate of drug-likeness (QED) is 0.782. The normalized spacial score (nSPS) is 15.0. The van der Waals surface area contributed by atoms with Gasteiger partial charge in [0.15, 0.2) is 5.78 Å². The molecule has 1 heterocycles. The molecule has 0 radical (unpaired) electrons. The first-order chi connectivity index (χ1) is 12.5. The molecule has 0 aliphatic carbocycles. The van der Waals surface area contributed by atoms with Crippen LogP contribution in [-0.4, -0.2) is 36.8 Å². The summed E-state index contributed by atoms with van der Waals surface area (Å²) in [6, 6.07) is 10.2. The molecular weight excluding hydrogens is 340 g/mol. The third-order valence-electron chi connectivity index (χ3n) is 4.70. The van der Waals surface area contributed by atoms with Crippen molar-refractivity contribution in [3.8, 4) is 5.75 Å². The standard InChI is InChI=1S/C20H19F2NO3/c1-26-15-7-5-13(6-8-15)19(24)14-9-11-23(12-10-14)20(25)18-16(21)3-2-4-17(18)22/h2-8,14H,9-12H2,1H3. The van der Waals surface area contributed by atoms with Crippen molar-refractivity contribution in [2.75, 3.05) is 20.2 Å². The minimum absolute atomic E-state index is 0.0109. The molecule has 1 aliphatic heterocycles. The van der Waals surface area contributed by atoms with E-state index >= 15 is 0 Å². The molecule has 0 N–H and O–H groups in total. The number of carbonyl (C=O) groups excluding carboxylic acids is 2. The van der Waals surface area contributed by atoms with Gasteiger partial charge in [-0.1, -0.05) is 6.07 Å². The van der Waals surface area contributed by atoms with Gasteiger partial charge in [0.1, 0.15) is 22.9 Å². The highest BCUT2D eigenvalue weighted by molar-refractivity contribution is 5.98. The first-order valence-electron chi connectivity index (χ1n) is 8.43. The lowest BCUT2D eigenvalue weighted by Crippen LogP contribution is -2.41. The average molecular weight is 359 g/mol. The van der Waals surface area contributed by atoms with E-state index in [0.717, 1.165) is 12.1 Å². The number of benzene rings is 2. The van der Waals surface area contributed by atoms with E-state index in [-0.39, 0.29) is 11.7 Å². The lowest BCUT2D eigenvalue weighted by atomic mass is 9.88. The van der Waals surface area contributed by atoms with E-state index < -0.39 is 23.1 Å². The number of hydrogen-bond donors (Lipinski definition) is 0. The first-order valence-corrected chi connectivity index (χ1v) is 8.43. The van der Waals surface area contributed by atoms with Crippen molar-refractivity contribution in [1.82, 2.24) is 4.90 Å². The topological polar surface area (TPSA) is 46.6 Å². The van der Waals surface area contributed by atoms with Crippen LogP contribution in [-0.2, 0) is 0 Å². The lowest BCUT2D eigenvalue weighted by molar-refractivity contribution is 0.0642. The molecule has 136 valence electrons. The molecule has 0 spiro atoms. The van der Waals surface area contributed by atoms with Crippen LogP contribution in [0.15, 0.2) is 42.5 Å². The minimum Gasteiger partial charge on any atom is -0.497 e. The molecule has 0 aromatic heterocycles. The molecule has 3 rings (SSSR count). The van der Waals surface area contributed by atoms with Crippen LogP contribution in [0.3, 0.4) is 0 Å². The van der Waals surface area contributed by atoms with Crippen molar-refractivity contribution in [2.45, 2.75) is 12.8 Å². The Morgan fingerprint density at radius 2 is 1.58 bits per heavy atom. The second-order valence-corrected chi connectivity index (χ2v) is 6.26. The fraction of sp³-hybridized carbons (Fsp3) is 0.300. The highest BCUT2D eigenvalue weighted by atomic mass is 19.1. The highest BCUT2D eigenvalue weighted by Crippen LogP contribution is 2.25. The van der Waals surface area contributed by atoms with Gasteiger partial charge in [-0.3, -0.25) is 9.59 Å². The van der Waals surface area contributed by atoms with Gasteiger partial charge in [0.05, 0.1) is 7.11 Å². The number of Topliss-reactive ketones (excluding diaryl/α,β-unsaturated/α-hetero) is 1. The Balaban J connectivity index is 1.65. The van der Waals surface area contributed by atoms with Crippen LogP contribution in [0.4, 0.5) is 8.78 Å². The fourth-order valence-corrected chi connectivity index (χ4v) is 3.20. The van der Waals surface area contributed by atoms with E-state index in [1.165, 1.54) is 11.0 Å². The Labute approximate surface area is 150 Å². The average Bonchev–Trinajstić information content (AvgIpc) is 2.67. The third-order valence-corrected chi connectivity index (χ3v) is 4.70. The Morgan fingerprint density at radius 1 is 1.00 bits per heavy atom. The molecule has 2 aromatic rings.